The van der Waals surface area contributed by atoms with Crippen molar-refractivity contribution in [3.05, 3.63) is 84.2 Å². The summed E-state index contributed by atoms with van der Waals surface area (Å²) in [7, 11) is 1.60. The standard InChI is InChI=1S/C22H17FN2O4/c1-27-18-5-2-14-10-16(12-24-20(14)11-18)25-22(26)21-9-8-19(29-21)13-28-17-6-3-15(23)4-7-17/h2-12H,13H2,1H3,(H,25,26). The number of hydrogen-bond donors (Lipinski definition) is 1. The lowest BCUT2D eigenvalue weighted by Crippen LogP contribution is -2.11. The van der Waals surface area contributed by atoms with E-state index in [0.717, 1.165) is 10.9 Å². The molecule has 0 fully saturated rings. The Hall–Kier alpha value is -3.87. The molecule has 0 bridgehead atoms. The molecule has 4 aromatic rings. The van der Waals surface area contributed by atoms with E-state index >= 15 is 0 Å². The molecule has 0 saturated heterocycles. The first-order valence-corrected chi connectivity index (χ1v) is 8.83. The number of furan rings is 1. The first-order chi connectivity index (χ1) is 14.1. The molecule has 2 aromatic heterocycles. The van der Waals surface area contributed by atoms with Crippen LogP contribution in [0.4, 0.5) is 10.1 Å². The van der Waals surface area contributed by atoms with Gasteiger partial charge in [-0.1, -0.05) is 0 Å². The lowest BCUT2D eigenvalue weighted by atomic mass is 10.2. The minimum Gasteiger partial charge on any atom is -0.497 e. The Bertz CT molecular complexity index is 1160. The van der Waals surface area contributed by atoms with Crippen molar-refractivity contribution in [3.63, 3.8) is 0 Å². The molecule has 0 saturated carbocycles. The average Bonchev–Trinajstić information content (AvgIpc) is 3.22. The molecule has 0 aliphatic rings. The van der Waals surface area contributed by atoms with Crippen molar-refractivity contribution in [2.75, 3.05) is 12.4 Å². The minimum absolute atomic E-state index is 0.123. The number of aromatic nitrogens is 1. The van der Waals surface area contributed by atoms with Crippen molar-refractivity contribution in [1.29, 1.82) is 0 Å². The Kier molecular flexibility index (Phi) is 5.11. The molecule has 0 unspecified atom stereocenters. The van der Waals surface area contributed by atoms with E-state index < -0.39 is 5.91 Å². The zero-order valence-electron chi connectivity index (χ0n) is 15.5. The molecule has 7 heteroatoms. The van der Waals surface area contributed by atoms with E-state index in [9.17, 15) is 9.18 Å². The van der Waals surface area contributed by atoms with Crippen LogP contribution in [0.15, 0.2) is 71.3 Å². The van der Waals surface area contributed by atoms with Crippen LogP contribution in [0, 0.1) is 5.82 Å². The summed E-state index contributed by atoms with van der Waals surface area (Å²) in [5.74, 6) is 1.12. The fourth-order valence-electron chi connectivity index (χ4n) is 2.75. The zero-order valence-corrected chi connectivity index (χ0v) is 15.5. The van der Waals surface area contributed by atoms with E-state index in [4.69, 9.17) is 13.9 Å². The molecule has 29 heavy (non-hydrogen) atoms. The summed E-state index contributed by atoms with van der Waals surface area (Å²) in [6, 6.07) is 16.2. The second-order valence-corrected chi connectivity index (χ2v) is 6.25. The molecular weight excluding hydrogens is 375 g/mol. The van der Waals surface area contributed by atoms with Crippen molar-refractivity contribution in [2.24, 2.45) is 0 Å². The number of pyridine rings is 1. The third-order valence-electron chi connectivity index (χ3n) is 4.23. The van der Waals surface area contributed by atoms with E-state index in [1.807, 2.05) is 24.3 Å². The van der Waals surface area contributed by atoms with Crippen molar-refractivity contribution < 1.29 is 23.1 Å². The summed E-state index contributed by atoms with van der Waals surface area (Å²) in [4.78, 5) is 16.8. The molecule has 2 aromatic carbocycles. The van der Waals surface area contributed by atoms with Gasteiger partial charge in [-0.25, -0.2) is 4.39 Å². The van der Waals surface area contributed by atoms with Gasteiger partial charge in [0.25, 0.3) is 5.91 Å². The van der Waals surface area contributed by atoms with Gasteiger partial charge >= 0.3 is 0 Å². The van der Waals surface area contributed by atoms with Crippen LogP contribution in [0.2, 0.25) is 0 Å². The second kappa shape index (κ2) is 8.02. The highest BCUT2D eigenvalue weighted by molar-refractivity contribution is 6.03. The zero-order chi connectivity index (χ0) is 20.2. The van der Waals surface area contributed by atoms with Crippen molar-refractivity contribution >= 4 is 22.5 Å². The van der Waals surface area contributed by atoms with Crippen LogP contribution < -0.4 is 14.8 Å². The Morgan fingerprint density at radius 1 is 1.07 bits per heavy atom. The fraction of sp³-hybridized carbons (Fsp3) is 0.0909. The topological polar surface area (TPSA) is 73.6 Å². The molecule has 6 nitrogen and oxygen atoms in total. The number of benzene rings is 2. The monoisotopic (exact) mass is 392 g/mol. The number of hydrogen-bond acceptors (Lipinski definition) is 5. The van der Waals surface area contributed by atoms with Crippen molar-refractivity contribution in [1.82, 2.24) is 4.98 Å². The number of carbonyl (C=O) groups excluding carboxylic acids is 1. The Balaban J connectivity index is 1.41. The van der Waals surface area contributed by atoms with E-state index in [1.165, 1.54) is 24.3 Å². The molecular formula is C22H17FN2O4. The predicted octanol–water partition coefficient (Wildman–Crippen LogP) is 4.81. The maximum Gasteiger partial charge on any atom is 0.291 e. The number of ether oxygens (including phenoxy) is 2. The predicted molar refractivity (Wildman–Crippen MR) is 106 cm³/mol. The third kappa shape index (κ3) is 4.35. The summed E-state index contributed by atoms with van der Waals surface area (Å²) < 4.78 is 29.1. The Labute approximate surface area is 165 Å². The highest BCUT2D eigenvalue weighted by atomic mass is 19.1. The van der Waals surface area contributed by atoms with Crippen LogP contribution in [-0.2, 0) is 6.61 Å². The number of halogens is 1. The summed E-state index contributed by atoms with van der Waals surface area (Å²) in [6.07, 6.45) is 1.57. The van der Waals surface area contributed by atoms with Crippen LogP contribution in [0.5, 0.6) is 11.5 Å². The van der Waals surface area contributed by atoms with Gasteiger partial charge < -0.3 is 19.2 Å². The summed E-state index contributed by atoms with van der Waals surface area (Å²) in [5, 5.41) is 3.64. The van der Waals surface area contributed by atoms with Gasteiger partial charge in [-0.2, -0.15) is 0 Å². The molecule has 1 N–H and O–H groups in total. The second-order valence-electron chi connectivity index (χ2n) is 6.25. The van der Waals surface area contributed by atoms with Crippen LogP contribution in [0.1, 0.15) is 16.3 Å². The molecule has 4 rings (SSSR count). The summed E-state index contributed by atoms with van der Waals surface area (Å²) in [5.41, 5.74) is 1.31. The number of nitrogens with zero attached hydrogens (tertiary/aromatic N) is 1. The maximum absolute atomic E-state index is 12.9. The van der Waals surface area contributed by atoms with Gasteiger partial charge in [0, 0.05) is 11.5 Å². The maximum atomic E-state index is 12.9. The van der Waals surface area contributed by atoms with Crippen molar-refractivity contribution in [2.45, 2.75) is 6.61 Å². The quantitative estimate of drug-likeness (QED) is 0.510. The van der Waals surface area contributed by atoms with Crippen molar-refractivity contribution in [3.8, 4) is 11.5 Å². The van der Waals surface area contributed by atoms with Gasteiger partial charge in [-0.15, -0.1) is 0 Å². The van der Waals surface area contributed by atoms with Gasteiger partial charge in [0.1, 0.15) is 29.7 Å². The molecule has 0 atom stereocenters. The Morgan fingerprint density at radius 2 is 1.86 bits per heavy atom. The van der Waals surface area contributed by atoms with Crippen LogP contribution in [-0.4, -0.2) is 18.0 Å². The molecule has 0 spiro atoms. The number of methoxy groups -OCH3 is 1. The van der Waals surface area contributed by atoms with E-state index in [2.05, 4.69) is 10.3 Å². The summed E-state index contributed by atoms with van der Waals surface area (Å²) in [6.45, 7) is 0.123. The molecule has 0 aliphatic carbocycles. The number of carbonyl (C=O) groups is 1. The first kappa shape index (κ1) is 18.5. The SMILES string of the molecule is COc1ccc2cc(NC(=O)c3ccc(COc4ccc(F)cc4)o3)cnc2c1. The van der Waals surface area contributed by atoms with Gasteiger partial charge in [0.05, 0.1) is 24.5 Å². The third-order valence-corrected chi connectivity index (χ3v) is 4.23. The highest BCUT2D eigenvalue weighted by Crippen LogP contribution is 2.22. The van der Waals surface area contributed by atoms with Crippen LogP contribution in [0.25, 0.3) is 10.9 Å². The smallest absolute Gasteiger partial charge is 0.291 e. The van der Waals surface area contributed by atoms with E-state index in [1.54, 1.807) is 25.4 Å². The fourth-order valence-corrected chi connectivity index (χ4v) is 2.75. The van der Waals surface area contributed by atoms with Gasteiger partial charge in [0.15, 0.2) is 5.76 Å². The summed E-state index contributed by atoms with van der Waals surface area (Å²) >= 11 is 0. The Morgan fingerprint density at radius 3 is 2.66 bits per heavy atom. The number of nitrogens with one attached hydrogen (secondary N) is 1. The largest absolute Gasteiger partial charge is 0.497 e. The minimum atomic E-state index is -0.396. The van der Waals surface area contributed by atoms with Gasteiger partial charge in [0.2, 0.25) is 0 Å². The highest BCUT2D eigenvalue weighted by Gasteiger charge is 2.13. The average molecular weight is 392 g/mol. The normalized spacial score (nSPS) is 10.7. The number of amides is 1. The van der Waals surface area contributed by atoms with Gasteiger partial charge in [-0.3, -0.25) is 9.78 Å². The van der Waals surface area contributed by atoms with Crippen LogP contribution in [0.3, 0.4) is 0 Å². The van der Waals surface area contributed by atoms with E-state index in [0.29, 0.717) is 22.9 Å². The lowest BCUT2D eigenvalue weighted by molar-refractivity contribution is 0.0992. The number of rotatable bonds is 6. The number of anilines is 1. The van der Waals surface area contributed by atoms with Gasteiger partial charge in [-0.05, 0) is 54.6 Å². The molecule has 1 amide bonds. The van der Waals surface area contributed by atoms with Crippen LogP contribution >= 0.6 is 0 Å². The molecule has 2 heterocycles. The molecule has 0 aliphatic heterocycles. The molecule has 146 valence electrons. The molecule has 0 radical (unpaired) electrons. The lowest BCUT2D eigenvalue weighted by Gasteiger charge is -2.06. The number of fused-ring (bicyclic) bond motifs is 1. The van der Waals surface area contributed by atoms with E-state index in [-0.39, 0.29) is 18.2 Å². The first-order valence-electron chi connectivity index (χ1n) is 8.83.